The highest BCUT2D eigenvalue weighted by atomic mass is 127. The summed E-state index contributed by atoms with van der Waals surface area (Å²) in [5.41, 5.74) is 1.87. The van der Waals surface area contributed by atoms with Crippen LogP contribution in [0.1, 0.15) is 11.4 Å². The van der Waals surface area contributed by atoms with E-state index in [2.05, 4.69) is 30.8 Å². The summed E-state index contributed by atoms with van der Waals surface area (Å²) in [6.45, 7) is 1.13. The zero-order chi connectivity index (χ0) is 16.8. The molecule has 3 rings (SSSR count). The Balaban J connectivity index is 0.00000225. The zero-order valence-electron chi connectivity index (χ0n) is 14.0. The van der Waals surface area contributed by atoms with E-state index in [9.17, 15) is 0 Å². The van der Waals surface area contributed by atoms with E-state index in [0.29, 0.717) is 24.9 Å². The van der Waals surface area contributed by atoms with Crippen LogP contribution in [-0.4, -0.2) is 39.7 Å². The molecular formula is C16H20IN7O. The lowest BCUT2D eigenvalue weighted by Crippen LogP contribution is -2.36. The summed E-state index contributed by atoms with van der Waals surface area (Å²) in [4.78, 5) is 8.31. The fraction of sp³-hybridized carbons (Fsp3) is 0.250. The van der Waals surface area contributed by atoms with Gasteiger partial charge in [0, 0.05) is 32.1 Å². The SMILES string of the molecule is CN=C(NCc1ccnc(OC)c1)NCc1nnc2ccccn12.I. The van der Waals surface area contributed by atoms with Crippen molar-refractivity contribution < 1.29 is 4.74 Å². The maximum absolute atomic E-state index is 5.12. The second kappa shape index (κ2) is 9.16. The van der Waals surface area contributed by atoms with Crippen molar-refractivity contribution in [2.75, 3.05) is 14.2 Å². The quantitative estimate of drug-likeness (QED) is 0.347. The molecule has 0 unspecified atom stereocenters. The number of hydrogen-bond acceptors (Lipinski definition) is 5. The van der Waals surface area contributed by atoms with Gasteiger partial charge in [0.15, 0.2) is 17.4 Å². The van der Waals surface area contributed by atoms with E-state index in [1.807, 2.05) is 40.9 Å². The Hall–Kier alpha value is -2.43. The molecule has 0 radical (unpaired) electrons. The molecule has 3 aromatic heterocycles. The van der Waals surface area contributed by atoms with Crippen LogP contribution < -0.4 is 15.4 Å². The third kappa shape index (κ3) is 4.78. The number of fused-ring (bicyclic) bond motifs is 1. The first-order chi connectivity index (χ1) is 11.8. The molecule has 3 aromatic rings. The number of aromatic nitrogens is 4. The highest BCUT2D eigenvalue weighted by molar-refractivity contribution is 14.0. The van der Waals surface area contributed by atoms with Crippen molar-refractivity contribution in [3.05, 3.63) is 54.1 Å². The number of rotatable bonds is 5. The number of guanidine groups is 1. The van der Waals surface area contributed by atoms with Crippen molar-refractivity contribution in [2.45, 2.75) is 13.1 Å². The molecule has 3 heterocycles. The van der Waals surface area contributed by atoms with Gasteiger partial charge in [-0.3, -0.25) is 9.39 Å². The first-order valence-corrected chi connectivity index (χ1v) is 7.52. The number of pyridine rings is 2. The Bertz CT molecular complexity index is 849. The summed E-state index contributed by atoms with van der Waals surface area (Å²) < 4.78 is 7.06. The summed E-state index contributed by atoms with van der Waals surface area (Å²) in [5, 5.41) is 14.8. The Morgan fingerprint density at radius 1 is 1.20 bits per heavy atom. The lowest BCUT2D eigenvalue weighted by atomic mass is 10.2. The molecule has 0 aliphatic rings. The molecule has 25 heavy (non-hydrogen) atoms. The van der Waals surface area contributed by atoms with Gasteiger partial charge in [0.1, 0.15) is 0 Å². The van der Waals surface area contributed by atoms with Crippen molar-refractivity contribution in [3.8, 4) is 5.88 Å². The Kier molecular flexibility index (Phi) is 6.92. The molecule has 0 amide bonds. The van der Waals surface area contributed by atoms with Gasteiger partial charge in [-0.25, -0.2) is 4.98 Å². The van der Waals surface area contributed by atoms with Gasteiger partial charge in [0.05, 0.1) is 13.7 Å². The van der Waals surface area contributed by atoms with Crippen molar-refractivity contribution in [2.24, 2.45) is 4.99 Å². The maximum Gasteiger partial charge on any atom is 0.213 e. The molecule has 8 nitrogen and oxygen atoms in total. The number of methoxy groups -OCH3 is 1. The van der Waals surface area contributed by atoms with Crippen LogP contribution in [0.2, 0.25) is 0 Å². The maximum atomic E-state index is 5.12. The summed E-state index contributed by atoms with van der Waals surface area (Å²) in [7, 11) is 3.33. The molecule has 0 aliphatic carbocycles. The van der Waals surface area contributed by atoms with Gasteiger partial charge in [-0.05, 0) is 23.8 Å². The first kappa shape index (κ1) is 18.9. The Morgan fingerprint density at radius 2 is 2.04 bits per heavy atom. The van der Waals surface area contributed by atoms with Crippen LogP contribution >= 0.6 is 24.0 Å². The molecule has 9 heteroatoms. The van der Waals surface area contributed by atoms with Gasteiger partial charge in [-0.15, -0.1) is 34.2 Å². The van der Waals surface area contributed by atoms with Crippen LogP contribution in [0.5, 0.6) is 5.88 Å². The normalized spacial score (nSPS) is 11.0. The van der Waals surface area contributed by atoms with Crippen LogP contribution in [0.3, 0.4) is 0 Å². The van der Waals surface area contributed by atoms with Crippen molar-refractivity contribution >= 4 is 35.6 Å². The second-order valence-electron chi connectivity index (χ2n) is 5.03. The van der Waals surface area contributed by atoms with Crippen LogP contribution in [0.15, 0.2) is 47.7 Å². The van der Waals surface area contributed by atoms with E-state index < -0.39 is 0 Å². The van der Waals surface area contributed by atoms with Gasteiger partial charge in [0.25, 0.3) is 0 Å². The van der Waals surface area contributed by atoms with E-state index in [0.717, 1.165) is 17.0 Å². The number of nitrogens with one attached hydrogen (secondary N) is 2. The van der Waals surface area contributed by atoms with Crippen molar-refractivity contribution in [3.63, 3.8) is 0 Å². The van der Waals surface area contributed by atoms with Gasteiger partial charge in [0.2, 0.25) is 5.88 Å². The Labute approximate surface area is 162 Å². The minimum atomic E-state index is 0. The number of halogens is 1. The standard InChI is InChI=1S/C16H19N7O.HI/c1-17-16(19-10-12-6-7-18-15(9-12)24-2)20-11-14-22-21-13-5-3-4-8-23(13)14;/h3-9H,10-11H2,1-2H3,(H2,17,19,20);1H. The van der Waals surface area contributed by atoms with Crippen molar-refractivity contribution in [1.82, 2.24) is 30.2 Å². The highest BCUT2D eigenvalue weighted by Gasteiger charge is 2.06. The summed E-state index contributed by atoms with van der Waals surface area (Å²) in [6.07, 6.45) is 3.65. The van der Waals surface area contributed by atoms with Gasteiger partial charge in [-0.1, -0.05) is 6.07 Å². The summed E-state index contributed by atoms with van der Waals surface area (Å²) in [5.74, 6) is 2.09. The third-order valence-electron chi connectivity index (χ3n) is 3.49. The molecular weight excluding hydrogens is 433 g/mol. The predicted molar refractivity (Wildman–Crippen MR) is 106 cm³/mol. The fourth-order valence-corrected chi connectivity index (χ4v) is 2.25. The molecule has 0 spiro atoms. The topological polar surface area (TPSA) is 88.7 Å². The molecule has 132 valence electrons. The molecule has 0 bridgehead atoms. The van der Waals surface area contributed by atoms with E-state index in [-0.39, 0.29) is 24.0 Å². The summed E-state index contributed by atoms with van der Waals surface area (Å²) in [6, 6.07) is 9.61. The third-order valence-corrected chi connectivity index (χ3v) is 3.49. The molecule has 0 saturated heterocycles. The molecule has 0 atom stereocenters. The number of hydrogen-bond donors (Lipinski definition) is 2. The lowest BCUT2D eigenvalue weighted by molar-refractivity contribution is 0.397. The monoisotopic (exact) mass is 453 g/mol. The number of ether oxygens (including phenoxy) is 1. The predicted octanol–water partition coefficient (Wildman–Crippen LogP) is 1.62. The molecule has 0 saturated carbocycles. The molecule has 0 aromatic carbocycles. The Morgan fingerprint density at radius 3 is 2.84 bits per heavy atom. The largest absolute Gasteiger partial charge is 0.481 e. The van der Waals surface area contributed by atoms with Crippen LogP contribution in [0, 0.1) is 0 Å². The van der Waals surface area contributed by atoms with Crippen molar-refractivity contribution in [1.29, 1.82) is 0 Å². The molecule has 0 fully saturated rings. The average molecular weight is 453 g/mol. The van der Waals surface area contributed by atoms with Crippen LogP contribution in [0.25, 0.3) is 5.65 Å². The molecule has 0 aliphatic heterocycles. The number of nitrogens with zero attached hydrogens (tertiary/aromatic N) is 5. The minimum Gasteiger partial charge on any atom is -0.481 e. The van der Waals surface area contributed by atoms with E-state index in [1.165, 1.54) is 0 Å². The van der Waals surface area contributed by atoms with Gasteiger partial charge < -0.3 is 15.4 Å². The second-order valence-corrected chi connectivity index (χ2v) is 5.03. The van der Waals surface area contributed by atoms with Crippen LogP contribution in [-0.2, 0) is 13.1 Å². The fourth-order valence-electron chi connectivity index (χ4n) is 2.25. The zero-order valence-corrected chi connectivity index (χ0v) is 16.3. The number of aliphatic imine (C=N–C) groups is 1. The average Bonchev–Trinajstić information content (AvgIpc) is 3.05. The van der Waals surface area contributed by atoms with Gasteiger partial charge in [-0.2, -0.15) is 0 Å². The highest BCUT2D eigenvalue weighted by Crippen LogP contribution is 2.08. The smallest absolute Gasteiger partial charge is 0.213 e. The van der Waals surface area contributed by atoms with E-state index in [4.69, 9.17) is 4.74 Å². The van der Waals surface area contributed by atoms with E-state index in [1.54, 1.807) is 20.4 Å². The minimum absolute atomic E-state index is 0. The first-order valence-electron chi connectivity index (χ1n) is 7.52. The van der Waals surface area contributed by atoms with E-state index >= 15 is 0 Å². The van der Waals surface area contributed by atoms with Crippen LogP contribution in [0.4, 0.5) is 0 Å². The van der Waals surface area contributed by atoms with Gasteiger partial charge >= 0.3 is 0 Å². The lowest BCUT2D eigenvalue weighted by Gasteiger charge is -2.11. The molecule has 2 N–H and O–H groups in total. The summed E-state index contributed by atoms with van der Waals surface area (Å²) >= 11 is 0.